The summed E-state index contributed by atoms with van der Waals surface area (Å²) in [5.74, 6) is 0.352. The summed E-state index contributed by atoms with van der Waals surface area (Å²) in [5, 5.41) is 0. The molecule has 3 heteroatoms. The normalized spacial score (nSPS) is 22.3. The van der Waals surface area contributed by atoms with E-state index >= 15 is 0 Å². The van der Waals surface area contributed by atoms with Crippen molar-refractivity contribution >= 4 is 5.97 Å². The van der Waals surface area contributed by atoms with Crippen LogP contribution in [0.3, 0.4) is 0 Å². The van der Waals surface area contributed by atoms with Crippen molar-refractivity contribution in [3.63, 3.8) is 0 Å². The van der Waals surface area contributed by atoms with Gasteiger partial charge in [-0.3, -0.25) is 0 Å². The summed E-state index contributed by atoms with van der Waals surface area (Å²) in [4.78, 5) is 10.9. The molecule has 1 aliphatic rings. The standard InChI is InChI=1S/C11H18O3/c1-3-13-11(12)7-5-4-6-9(2)10-8-14-10/h5,7,9-10H,3-4,6,8H2,1-2H3/b7-5+/t9-,10+/m1/s1. The quantitative estimate of drug-likeness (QED) is 0.372. The van der Waals surface area contributed by atoms with E-state index in [4.69, 9.17) is 9.47 Å². The van der Waals surface area contributed by atoms with Crippen LogP contribution in [0.1, 0.15) is 26.7 Å². The van der Waals surface area contributed by atoms with E-state index in [0.717, 1.165) is 19.4 Å². The molecule has 80 valence electrons. The highest BCUT2D eigenvalue weighted by Crippen LogP contribution is 2.23. The second kappa shape index (κ2) is 5.81. The Hall–Kier alpha value is -0.830. The second-order valence-corrected chi connectivity index (χ2v) is 3.58. The van der Waals surface area contributed by atoms with Crippen molar-refractivity contribution in [1.82, 2.24) is 0 Å². The molecule has 0 aromatic rings. The van der Waals surface area contributed by atoms with Gasteiger partial charge in [0.2, 0.25) is 0 Å². The van der Waals surface area contributed by atoms with E-state index in [-0.39, 0.29) is 5.97 Å². The molecular formula is C11H18O3. The van der Waals surface area contributed by atoms with Crippen LogP contribution < -0.4 is 0 Å². The Bertz CT molecular complexity index is 207. The summed E-state index contributed by atoms with van der Waals surface area (Å²) < 4.78 is 9.93. The van der Waals surface area contributed by atoms with Crippen molar-refractivity contribution in [3.8, 4) is 0 Å². The molecule has 0 amide bonds. The lowest BCUT2D eigenvalue weighted by Gasteiger charge is -2.03. The Morgan fingerprint density at radius 2 is 2.43 bits per heavy atom. The van der Waals surface area contributed by atoms with Gasteiger partial charge < -0.3 is 9.47 Å². The van der Waals surface area contributed by atoms with E-state index < -0.39 is 0 Å². The maximum Gasteiger partial charge on any atom is 0.330 e. The van der Waals surface area contributed by atoms with Crippen LogP contribution in [0.15, 0.2) is 12.2 Å². The van der Waals surface area contributed by atoms with Gasteiger partial charge in [0.05, 0.1) is 19.3 Å². The first-order chi connectivity index (χ1) is 6.74. The van der Waals surface area contributed by atoms with Crippen molar-refractivity contribution in [1.29, 1.82) is 0 Å². The van der Waals surface area contributed by atoms with Crippen molar-refractivity contribution < 1.29 is 14.3 Å². The van der Waals surface area contributed by atoms with Gasteiger partial charge in [-0.1, -0.05) is 13.0 Å². The number of hydrogen-bond donors (Lipinski definition) is 0. The lowest BCUT2D eigenvalue weighted by atomic mass is 10.0. The molecule has 1 fully saturated rings. The van der Waals surface area contributed by atoms with Crippen LogP contribution in [0.4, 0.5) is 0 Å². The maximum atomic E-state index is 10.9. The molecule has 0 spiro atoms. The molecule has 0 aromatic heterocycles. The maximum absolute atomic E-state index is 10.9. The van der Waals surface area contributed by atoms with Crippen LogP contribution in [-0.4, -0.2) is 25.3 Å². The summed E-state index contributed by atoms with van der Waals surface area (Å²) >= 11 is 0. The number of ether oxygens (including phenoxy) is 2. The van der Waals surface area contributed by atoms with Gasteiger partial charge in [0.25, 0.3) is 0 Å². The third-order valence-electron chi connectivity index (χ3n) is 2.32. The van der Waals surface area contributed by atoms with Gasteiger partial charge in [-0.25, -0.2) is 4.79 Å². The molecule has 1 saturated heterocycles. The molecule has 1 heterocycles. The number of carbonyl (C=O) groups excluding carboxylic acids is 1. The molecule has 0 saturated carbocycles. The lowest BCUT2D eigenvalue weighted by Crippen LogP contribution is -2.02. The summed E-state index contributed by atoms with van der Waals surface area (Å²) in [6.07, 6.45) is 5.83. The van der Waals surface area contributed by atoms with Crippen LogP contribution >= 0.6 is 0 Å². The topological polar surface area (TPSA) is 38.8 Å². The molecule has 1 rings (SSSR count). The molecule has 2 atom stereocenters. The van der Waals surface area contributed by atoms with E-state index in [0.29, 0.717) is 18.6 Å². The lowest BCUT2D eigenvalue weighted by molar-refractivity contribution is -0.137. The smallest absolute Gasteiger partial charge is 0.330 e. The van der Waals surface area contributed by atoms with Crippen molar-refractivity contribution in [2.45, 2.75) is 32.8 Å². The van der Waals surface area contributed by atoms with Crippen LogP contribution in [0.5, 0.6) is 0 Å². The number of carbonyl (C=O) groups is 1. The van der Waals surface area contributed by atoms with Crippen molar-refractivity contribution in [2.75, 3.05) is 13.2 Å². The summed E-state index contributed by atoms with van der Waals surface area (Å²) in [5.41, 5.74) is 0. The summed E-state index contributed by atoms with van der Waals surface area (Å²) in [6, 6.07) is 0. The Labute approximate surface area is 85.1 Å². The predicted molar refractivity (Wildman–Crippen MR) is 53.9 cm³/mol. The highest BCUT2D eigenvalue weighted by atomic mass is 16.6. The Morgan fingerprint density at radius 1 is 1.71 bits per heavy atom. The van der Waals surface area contributed by atoms with Gasteiger partial charge in [0.1, 0.15) is 0 Å². The average Bonchev–Trinajstić information content (AvgIpc) is 2.95. The van der Waals surface area contributed by atoms with Crippen molar-refractivity contribution in [2.24, 2.45) is 5.92 Å². The molecule has 14 heavy (non-hydrogen) atoms. The molecule has 3 nitrogen and oxygen atoms in total. The molecule has 0 unspecified atom stereocenters. The fourth-order valence-electron chi connectivity index (χ4n) is 1.30. The molecule has 1 aliphatic heterocycles. The first-order valence-corrected chi connectivity index (χ1v) is 5.19. The zero-order valence-corrected chi connectivity index (χ0v) is 8.86. The molecular weight excluding hydrogens is 180 g/mol. The molecule has 0 radical (unpaired) electrons. The molecule has 0 aliphatic carbocycles. The zero-order valence-electron chi connectivity index (χ0n) is 8.86. The van der Waals surface area contributed by atoms with E-state index in [1.807, 2.05) is 6.08 Å². The fourth-order valence-corrected chi connectivity index (χ4v) is 1.30. The third-order valence-corrected chi connectivity index (χ3v) is 2.32. The first-order valence-electron chi connectivity index (χ1n) is 5.19. The highest BCUT2D eigenvalue weighted by Gasteiger charge is 2.28. The van der Waals surface area contributed by atoms with Crippen molar-refractivity contribution in [3.05, 3.63) is 12.2 Å². The van der Waals surface area contributed by atoms with Crippen LogP contribution in [0.2, 0.25) is 0 Å². The average molecular weight is 198 g/mol. The van der Waals surface area contributed by atoms with Crippen LogP contribution in [0.25, 0.3) is 0 Å². The minimum absolute atomic E-state index is 0.247. The zero-order chi connectivity index (χ0) is 10.4. The number of allylic oxidation sites excluding steroid dienone is 1. The third kappa shape index (κ3) is 4.42. The molecule has 0 N–H and O–H groups in total. The van der Waals surface area contributed by atoms with E-state index in [1.165, 1.54) is 6.08 Å². The molecule has 0 bridgehead atoms. The van der Waals surface area contributed by atoms with Gasteiger partial charge in [-0.05, 0) is 25.7 Å². The monoisotopic (exact) mass is 198 g/mol. The SMILES string of the molecule is CCOC(=O)/C=C/CC[C@@H](C)[C@@H]1CO1. The summed E-state index contributed by atoms with van der Waals surface area (Å²) in [7, 11) is 0. The van der Waals surface area contributed by atoms with E-state index in [9.17, 15) is 4.79 Å². The van der Waals surface area contributed by atoms with Gasteiger partial charge in [0, 0.05) is 6.08 Å². The van der Waals surface area contributed by atoms with Crippen LogP contribution in [0, 0.1) is 5.92 Å². The van der Waals surface area contributed by atoms with Crippen LogP contribution in [-0.2, 0) is 14.3 Å². The number of esters is 1. The Kier molecular flexibility index (Phi) is 4.66. The fraction of sp³-hybridized carbons (Fsp3) is 0.727. The minimum atomic E-state index is -0.247. The number of hydrogen-bond acceptors (Lipinski definition) is 3. The predicted octanol–water partition coefficient (Wildman–Crippen LogP) is 1.92. The minimum Gasteiger partial charge on any atom is -0.463 e. The van der Waals surface area contributed by atoms with E-state index in [2.05, 4.69) is 6.92 Å². The first kappa shape index (κ1) is 11.2. The Morgan fingerprint density at radius 3 is 3.00 bits per heavy atom. The number of epoxide rings is 1. The second-order valence-electron chi connectivity index (χ2n) is 3.58. The number of rotatable bonds is 6. The highest BCUT2D eigenvalue weighted by molar-refractivity contribution is 5.81. The Balaban J connectivity index is 2.04. The largest absolute Gasteiger partial charge is 0.463 e. The van der Waals surface area contributed by atoms with Gasteiger partial charge in [0.15, 0.2) is 0 Å². The van der Waals surface area contributed by atoms with E-state index in [1.54, 1.807) is 6.92 Å². The van der Waals surface area contributed by atoms with Gasteiger partial charge in [-0.15, -0.1) is 0 Å². The van der Waals surface area contributed by atoms with Gasteiger partial charge in [-0.2, -0.15) is 0 Å². The van der Waals surface area contributed by atoms with Gasteiger partial charge >= 0.3 is 5.97 Å². The summed E-state index contributed by atoms with van der Waals surface area (Å²) in [6.45, 7) is 5.33. The molecule has 0 aromatic carbocycles.